The quantitative estimate of drug-likeness (QED) is 0.218. The number of sulfone groups is 1. The molecule has 0 spiro atoms. The van der Waals surface area contributed by atoms with E-state index in [2.05, 4.69) is 5.16 Å². The number of hydrogen-bond acceptors (Lipinski definition) is 8. The Kier molecular flexibility index (Phi) is 6.51. The predicted molar refractivity (Wildman–Crippen MR) is 113 cm³/mol. The minimum atomic E-state index is -4.57. The summed E-state index contributed by atoms with van der Waals surface area (Å²) in [4.78, 5) is 4.06. The Labute approximate surface area is 185 Å². The number of benzene rings is 2. The first-order chi connectivity index (χ1) is 14.9. The lowest BCUT2D eigenvalue weighted by Crippen LogP contribution is -2.24. The molecule has 1 fully saturated rings. The molecule has 0 atom stereocenters. The third-order valence-corrected chi connectivity index (χ3v) is 7.20. The van der Waals surface area contributed by atoms with Crippen molar-refractivity contribution in [3.05, 3.63) is 48.3 Å². The second kappa shape index (κ2) is 8.82. The van der Waals surface area contributed by atoms with Crippen LogP contribution in [0.15, 0.2) is 57.4 Å². The van der Waals surface area contributed by atoms with Crippen LogP contribution in [0.4, 0.5) is 4.39 Å². The smallest absolute Gasteiger partial charge is 0.340 e. The fraction of sp³-hybridized carbons (Fsp3) is 0.316. The number of nitrogens with zero attached hydrogens (tertiary/aromatic N) is 1. The number of ether oxygens (including phenoxy) is 1. The SMILES string of the molecule is CS(=O)(=O)c1ccccc1S(=O)(=O)Oc1cc(F)cc(OCC2(CON=C(N)N)CC2)c1. The van der Waals surface area contributed by atoms with Gasteiger partial charge in [-0.15, -0.1) is 0 Å². The molecule has 1 saturated carbocycles. The van der Waals surface area contributed by atoms with Crippen LogP contribution in [0.2, 0.25) is 0 Å². The first-order valence-electron chi connectivity index (χ1n) is 9.28. The van der Waals surface area contributed by atoms with Crippen molar-refractivity contribution >= 4 is 25.9 Å². The van der Waals surface area contributed by atoms with Gasteiger partial charge in [0.1, 0.15) is 28.8 Å². The molecular weight excluding hydrogens is 465 g/mol. The minimum absolute atomic E-state index is 0.0275. The Morgan fingerprint density at radius 1 is 1.03 bits per heavy atom. The summed E-state index contributed by atoms with van der Waals surface area (Å²) in [7, 11) is -8.42. The molecule has 13 heteroatoms. The number of rotatable bonds is 10. The first kappa shape index (κ1) is 23.6. The third-order valence-electron chi connectivity index (χ3n) is 4.61. The molecule has 4 N–H and O–H groups in total. The summed E-state index contributed by atoms with van der Waals surface area (Å²) in [5.41, 5.74) is 10.1. The Morgan fingerprint density at radius 2 is 1.66 bits per heavy atom. The molecule has 1 aliphatic carbocycles. The molecule has 0 bridgehead atoms. The molecule has 2 aromatic rings. The number of oxime groups is 1. The zero-order valence-corrected chi connectivity index (χ0v) is 18.7. The van der Waals surface area contributed by atoms with Crippen LogP contribution in [0, 0.1) is 11.2 Å². The van der Waals surface area contributed by atoms with E-state index >= 15 is 0 Å². The van der Waals surface area contributed by atoms with Crippen LogP contribution in [0.25, 0.3) is 0 Å². The Bertz CT molecular complexity index is 1240. The largest absolute Gasteiger partial charge is 0.493 e. The first-order valence-corrected chi connectivity index (χ1v) is 12.6. The lowest BCUT2D eigenvalue weighted by atomic mass is 10.1. The van der Waals surface area contributed by atoms with E-state index in [4.69, 9.17) is 25.2 Å². The van der Waals surface area contributed by atoms with Crippen LogP contribution >= 0.6 is 0 Å². The van der Waals surface area contributed by atoms with Gasteiger partial charge < -0.3 is 25.2 Å². The fourth-order valence-electron chi connectivity index (χ4n) is 2.79. The van der Waals surface area contributed by atoms with Gasteiger partial charge in [-0.2, -0.15) is 8.42 Å². The van der Waals surface area contributed by atoms with Crippen molar-refractivity contribution in [3.8, 4) is 11.5 Å². The monoisotopic (exact) mass is 487 g/mol. The average molecular weight is 488 g/mol. The Balaban J connectivity index is 1.76. The number of halogens is 1. The summed E-state index contributed by atoms with van der Waals surface area (Å²) >= 11 is 0. The minimum Gasteiger partial charge on any atom is -0.493 e. The normalized spacial score (nSPS) is 14.9. The zero-order chi connectivity index (χ0) is 23.6. The van der Waals surface area contributed by atoms with Gasteiger partial charge in [0.2, 0.25) is 5.96 Å². The van der Waals surface area contributed by atoms with Crippen molar-refractivity contribution in [2.24, 2.45) is 22.0 Å². The summed E-state index contributed by atoms with van der Waals surface area (Å²) in [6.07, 6.45) is 2.44. The maximum absolute atomic E-state index is 14.1. The van der Waals surface area contributed by atoms with Gasteiger partial charge in [-0.25, -0.2) is 12.8 Å². The van der Waals surface area contributed by atoms with Crippen molar-refractivity contribution < 1.29 is 35.0 Å². The van der Waals surface area contributed by atoms with Crippen LogP contribution in [0.3, 0.4) is 0 Å². The molecule has 0 aliphatic heterocycles. The molecule has 174 valence electrons. The topological polar surface area (TPSA) is 160 Å². The van der Waals surface area contributed by atoms with Gasteiger partial charge in [0, 0.05) is 29.9 Å². The number of guanidine groups is 1. The van der Waals surface area contributed by atoms with Crippen LogP contribution in [0.5, 0.6) is 11.5 Å². The van der Waals surface area contributed by atoms with Gasteiger partial charge in [0.05, 0.1) is 11.5 Å². The molecule has 2 aromatic carbocycles. The van der Waals surface area contributed by atoms with Gasteiger partial charge in [0.25, 0.3) is 0 Å². The van der Waals surface area contributed by atoms with E-state index in [-0.39, 0.29) is 36.1 Å². The zero-order valence-electron chi connectivity index (χ0n) is 17.0. The molecular formula is C19H22FN3O7S2. The highest BCUT2D eigenvalue weighted by molar-refractivity contribution is 7.92. The molecule has 0 amide bonds. The molecule has 0 heterocycles. The highest BCUT2D eigenvalue weighted by atomic mass is 32.2. The summed E-state index contributed by atoms with van der Waals surface area (Å²) in [5, 5.41) is 3.45. The van der Waals surface area contributed by atoms with Crippen LogP contribution in [0.1, 0.15) is 12.8 Å². The predicted octanol–water partition coefficient (Wildman–Crippen LogP) is 1.36. The van der Waals surface area contributed by atoms with E-state index in [0.29, 0.717) is 0 Å². The number of hydrogen-bond donors (Lipinski definition) is 2. The van der Waals surface area contributed by atoms with E-state index in [1.165, 1.54) is 18.2 Å². The molecule has 1 aliphatic rings. The van der Waals surface area contributed by atoms with Gasteiger partial charge in [0.15, 0.2) is 9.84 Å². The lowest BCUT2D eigenvalue weighted by molar-refractivity contribution is 0.0714. The Morgan fingerprint density at radius 3 is 2.25 bits per heavy atom. The fourth-order valence-corrected chi connectivity index (χ4v) is 5.31. The van der Waals surface area contributed by atoms with E-state index < -0.39 is 35.6 Å². The van der Waals surface area contributed by atoms with E-state index in [9.17, 15) is 21.2 Å². The molecule has 32 heavy (non-hydrogen) atoms. The Hall–Kier alpha value is -3.06. The summed E-state index contributed by atoms with van der Waals surface area (Å²) in [6.45, 7) is 0.347. The summed E-state index contributed by atoms with van der Waals surface area (Å²) < 4.78 is 73.9. The van der Waals surface area contributed by atoms with Crippen molar-refractivity contribution in [2.45, 2.75) is 22.6 Å². The van der Waals surface area contributed by atoms with Crippen LogP contribution in [-0.4, -0.2) is 42.3 Å². The van der Waals surface area contributed by atoms with E-state index in [1.807, 2.05) is 0 Å². The van der Waals surface area contributed by atoms with Crippen molar-refractivity contribution in [3.63, 3.8) is 0 Å². The van der Waals surface area contributed by atoms with Gasteiger partial charge in [-0.3, -0.25) is 0 Å². The molecule has 0 aromatic heterocycles. The highest BCUT2D eigenvalue weighted by Crippen LogP contribution is 2.46. The third kappa shape index (κ3) is 6.01. The second-order valence-corrected chi connectivity index (χ2v) is 11.0. The van der Waals surface area contributed by atoms with Gasteiger partial charge in [-0.1, -0.05) is 12.1 Å². The van der Waals surface area contributed by atoms with Crippen molar-refractivity contribution in [2.75, 3.05) is 19.5 Å². The second-order valence-electron chi connectivity index (χ2n) is 7.46. The van der Waals surface area contributed by atoms with E-state index in [0.717, 1.165) is 43.4 Å². The summed E-state index contributed by atoms with van der Waals surface area (Å²) in [6, 6.07) is 8.08. The lowest BCUT2D eigenvalue weighted by Gasteiger charge is -2.16. The molecule has 0 saturated heterocycles. The number of nitrogens with two attached hydrogens (primary N) is 2. The standard InChI is InChI=1S/C19H22FN3O7S2/c1-31(24,25)16-4-2-3-5-17(16)32(26,27)30-15-9-13(20)8-14(10-15)28-11-19(6-7-19)12-29-23-18(21)22/h2-5,8-10H,6-7,11-12H2,1H3,(H4,21,22,23). The van der Waals surface area contributed by atoms with Crippen LogP contribution in [-0.2, 0) is 24.8 Å². The van der Waals surface area contributed by atoms with Crippen molar-refractivity contribution in [1.29, 1.82) is 0 Å². The molecule has 0 unspecified atom stereocenters. The highest BCUT2D eigenvalue weighted by Gasteiger charge is 2.45. The molecule has 0 radical (unpaired) electrons. The maximum Gasteiger partial charge on any atom is 0.340 e. The van der Waals surface area contributed by atoms with E-state index in [1.54, 1.807) is 0 Å². The van der Waals surface area contributed by atoms with Crippen LogP contribution < -0.4 is 20.4 Å². The molecule has 10 nitrogen and oxygen atoms in total. The van der Waals surface area contributed by atoms with Gasteiger partial charge >= 0.3 is 10.1 Å². The maximum atomic E-state index is 14.1. The summed E-state index contributed by atoms with van der Waals surface area (Å²) in [5.74, 6) is -1.36. The molecule has 3 rings (SSSR count). The van der Waals surface area contributed by atoms with Gasteiger partial charge in [-0.05, 0) is 30.1 Å². The average Bonchev–Trinajstić information content (AvgIpc) is 3.45. The van der Waals surface area contributed by atoms with Crippen molar-refractivity contribution in [1.82, 2.24) is 0 Å².